The van der Waals surface area contributed by atoms with Gasteiger partial charge in [0, 0.05) is 6.04 Å². The summed E-state index contributed by atoms with van der Waals surface area (Å²) in [6.07, 6.45) is 3.93. The summed E-state index contributed by atoms with van der Waals surface area (Å²) in [4.78, 5) is 0. The molecule has 0 aliphatic heterocycles. The van der Waals surface area contributed by atoms with Gasteiger partial charge in [-0.05, 0) is 55.2 Å². The van der Waals surface area contributed by atoms with E-state index in [-0.39, 0.29) is 0 Å². The molecular weight excluding hydrogens is 206 g/mol. The summed E-state index contributed by atoms with van der Waals surface area (Å²) in [7, 11) is 0. The number of hydrogen-bond donors (Lipinski definition) is 1. The molecule has 92 valence electrons. The van der Waals surface area contributed by atoms with Crippen molar-refractivity contribution in [2.45, 2.75) is 46.1 Å². The average Bonchev–Trinajstić information content (AvgIpc) is 2.71. The molecule has 0 radical (unpaired) electrons. The Morgan fingerprint density at radius 1 is 1.35 bits per heavy atom. The Balaban J connectivity index is 1.65. The van der Waals surface area contributed by atoms with Crippen molar-refractivity contribution in [3.8, 4) is 0 Å². The Bertz CT molecular complexity index is 433. The van der Waals surface area contributed by atoms with E-state index in [1.165, 1.54) is 31.4 Å². The zero-order valence-electron chi connectivity index (χ0n) is 11.2. The lowest BCUT2D eigenvalue weighted by molar-refractivity contribution is 0.466. The third-order valence-corrected chi connectivity index (χ3v) is 4.71. The largest absolute Gasteiger partial charge is 0.310 e. The van der Waals surface area contributed by atoms with Gasteiger partial charge in [-0.2, -0.15) is 0 Å². The SMILES string of the molecule is Cc1ccc2c(c1)C(NCC1CC1(C)C)CC2. The standard InChI is InChI=1S/C16H23N/c1-11-4-5-12-6-7-15(14(12)8-11)17-10-13-9-16(13,2)3/h4-5,8,13,15,17H,6-7,9-10H2,1-3H3. The Kier molecular flexibility index (Phi) is 2.55. The summed E-state index contributed by atoms with van der Waals surface area (Å²) < 4.78 is 0. The fourth-order valence-electron chi connectivity index (χ4n) is 3.14. The second-order valence-corrected chi connectivity index (χ2v) is 6.59. The van der Waals surface area contributed by atoms with Crippen LogP contribution in [-0.4, -0.2) is 6.54 Å². The van der Waals surface area contributed by atoms with Crippen LogP contribution in [0.15, 0.2) is 18.2 Å². The van der Waals surface area contributed by atoms with Gasteiger partial charge < -0.3 is 5.32 Å². The van der Waals surface area contributed by atoms with E-state index in [4.69, 9.17) is 0 Å². The van der Waals surface area contributed by atoms with Gasteiger partial charge in [0.1, 0.15) is 0 Å². The molecule has 1 aromatic rings. The third-order valence-electron chi connectivity index (χ3n) is 4.71. The van der Waals surface area contributed by atoms with Gasteiger partial charge in [0.25, 0.3) is 0 Å². The van der Waals surface area contributed by atoms with Gasteiger partial charge in [-0.1, -0.05) is 37.6 Å². The molecule has 2 atom stereocenters. The van der Waals surface area contributed by atoms with Crippen LogP contribution in [0.4, 0.5) is 0 Å². The number of benzene rings is 1. The minimum atomic E-state index is 0.598. The minimum absolute atomic E-state index is 0.598. The summed E-state index contributed by atoms with van der Waals surface area (Å²) in [5.41, 5.74) is 5.11. The van der Waals surface area contributed by atoms with Crippen molar-refractivity contribution >= 4 is 0 Å². The molecule has 3 rings (SSSR count). The first-order valence-electron chi connectivity index (χ1n) is 6.89. The second kappa shape index (κ2) is 3.84. The van der Waals surface area contributed by atoms with E-state index >= 15 is 0 Å². The number of rotatable bonds is 3. The minimum Gasteiger partial charge on any atom is -0.310 e. The highest BCUT2D eigenvalue weighted by molar-refractivity contribution is 5.37. The van der Waals surface area contributed by atoms with Gasteiger partial charge in [0.2, 0.25) is 0 Å². The molecule has 1 nitrogen and oxygen atoms in total. The van der Waals surface area contributed by atoms with E-state index in [1.54, 1.807) is 11.1 Å². The van der Waals surface area contributed by atoms with E-state index in [2.05, 4.69) is 44.3 Å². The number of aryl methyl sites for hydroxylation is 2. The lowest BCUT2D eigenvalue weighted by Gasteiger charge is -2.15. The lowest BCUT2D eigenvalue weighted by atomic mass is 10.0. The van der Waals surface area contributed by atoms with E-state index in [0.717, 1.165) is 5.92 Å². The zero-order chi connectivity index (χ0) is 12.0. The van der Waals surface area contributed by atoms with Crippen molar-refractivity contribution in [3.05, 3.63) is 34.9 Å². The van der Waals surface area contributed by atoms with Crippen molar-refractivity contribution in [1.29, 1.82) is 0 Å². The molecule has 2 aliphatic carbocycles. The van der Waals surface area contributed by atoms with Gasteiger partial charge in [-0.3, -0.25) is 0 Å². The van der Waals surface area contributed by atoms with E-state index < -0.39 is 0 Å². The third kappa shape index (κ3) is 2.13. The molecule has 2 unspecified atom stereocenters. The molecule has 0 spiro atoms. The zero-order valence-corrected chi connectivity index (χ0v) is 11.2. The molecule has 1 heteroatoms. The van der Waals surface area contributed by atoms with Crippen molar-refractivity contribution in [2.24, 2.45) is 11.3 Å². The predicted octanol–water partition coefficient (Wildman–Crippen LogP) is 3.62. The summed E-state index contributed by atoms with van der Waals surface area (Å²) in [6.45, 7) is 8.16. The van der Waals surface area contributed by atoms with Crippen molar-refractivity contribution in [1.82, 2.24) is 5.32 Å². The highest BCUT2D eigenvalue weighted by Gasteiger charge is 2.45. The fourth-order valence-corrected chi connectivity index (χ4v) is 3.14. The summed E-state index contributed by atoms with van der Waals surface area (Å²) >= 11 is 0. The predicted molar refractivity (Wildman–Crippen MR) is 72.1 cm³/mol. The van der Waals surface area contributed by atoms with E-state index in [9.17, 15) is 0 Å². The molecule has 0 heterocycles. The molecule has 2 aliphatic rings. The van der Waals surface area contributed by atoms with Gasteiger partial charge >= 0.3 is 0 Å². The van der Waals surface area contributed by atoms with Crippen LogP contribution < -0.4 is 5.32 Å². The first kappa shape index (κ1) is 11.3. The Morgan fingerprint density at radius 3 is 2.82 bits per heavy atom. The summed E-state index contributed by atoms with van der Waals surface area (Å²) in [5.74, 6) is 0.899. The van der Waals surface area contributed by atoms with Crippen LogP contribution in [-0.2, 0) is 6.42 Å². The first-order chi connectivity index (χ1) is 8.06. The van der Waals surface area contributed by atoms with Crippen LogP contribution in [0.25, 0.3) is 0 Å². The Labute approximate surface area is 105 Å². The van der Waals surface area contributed by atoms with E-state index in [1.807, 2.05) is 0 Å². The molecule has 0 aromatic heterocycles. The first-order valence-corrected chi connectivity index (χ1v) is 6.89. The van der Waals surface area contributed by atoms with Gasteiger partial charge in [-0.25, -0.2) is 0 Å². The van der Waals surface area contributed by atoms with Crippen LogP contribution >= 0.6 is 0 Å². The van der Waals surface area contributed by atoms with Crippen LogP contribution in [0.2, 0.25) is 0 Å². The molecule has 1 fully saturated rings. The normalized spacial score (nSPS) is 29.1. The average molecular weight is 229 g/mol. The maximum atomic E-state index is 3.78. The quantitative estimate of drug-likeness (QED) is 0.834. The van der Waals surface area contributed by atoms with Crippen LogP contribution in [0.1, 0.15) is 49.4 Å². The van der Waals surface area contributed by atoms with E-state index in [0.29, 0.717) is 11.5 Å². The lowest BCUT2D eigenvalue weighted by Crippen LogP contribution is -2.23. The number of hydrogen-bond acceptors (Lipinski definition) is 1. The molecule has 1 saturated carbocycles. The maximum absolute atomic E-state index is 3.78. The number of fused-ring (bicyclic) bond motifs is 1. The molecule has 0 bridgehead atoms. The van der Waals surface area contributed by atoms with Gasteiger partial charge in [0.15, 0.2) is 0 Å². The highest BCUT2D eigenvalue weighted by atomic mass is 14.9. The van der Waals surface area contributed by atoms with Crippen molar-refractivity contribution in [2.75, 3.05) is 6.54 Å². The Hall–Kier alpha value is -0.820. The molecule has 17 heavy (non-hydrogen) atoms. The monoisotopic (exact) mass is 229 g/mol. The molecule has 0 amide bonds. The van der Waals surface area contributed by atoms with Crippen LogP contribution in [0.5, 0.6) is 0 Å². The van der Waals surface area contributed by atoms with Crippen LogP contribution in [0.3, 0.4) is 0 Å². The molecule has 1 aromatic carbocycles. The molecule has 0 saturated heterocycles. The topological polar surface area (TPSA) is 12.0 Å². The van der Waals surface area contributed by atoms with Gasteiger partial charge in [0.05, 0.1) is 0 Å². The summed E-state index contributed by atoms with van der Waals surface area (Å²) in [5, 5.41) is 3.78. The van der Waals surface area contributed by atoms with Gasteiger partial charge in [-0.15, -0.1) is 0 Å². The van der Waals surface area contributed by atoms with Crippen molar-refractivity contribution in [3.63, 3.8) is 0 Å². The smallest absolute Gasteiger partial charge is 0.0326 e. The summed E-state index contributed by atoms with van der Waals surface area (Å²) in [6, 6.07) is 7.54. The second-order valence-electron chi connectivity index (χ2n) is 6.59. The molecule has 1 N–H and O–H groups in total. The fraction of sp³-hybridized carbons (Fsp3) is 0.625. The Morgan fingerprint density at radius 2 is 2.12 bits per heavy atom. The molecular formula is C16H23N. The maximum Gasteiger partial charge on any atom is 0.0326 e. The van der Waals surface area contributed by atoms with Crippen LogP contribution in [0, 0.1) is 18.3 Å². The number of nitrogens with one attached hydrogen (secondary N) is 1. The van der Waals surface area contributed by atoms with Crippen molar-refractivity contribution < 1.29 is 0 Å². The highest BCUT2D eigenvalue weighted by Crippen LogP contribution is 2.51.